The highest BCUT2D eigenvalue weighted by Gasteiger charge is 2.48. The van der Waals surface area contributed by atoms with E-state index in [-0.39, 0.29) is 67.6 Å². The molecule has 0 fully saturated rings. The number of allylic oxidation sites excluding steroid dienone is 8. The number of fused-ring (bicyclic) bond motifs is 2. The third-order valence-electron chi connectivity index (χ3n) is 12.9. The minimum atomic E-state index is -4.64. The Morgan fingerprint density at radius 3 is 1.61 bits per heavy atom. The molecule has 0 radical (unpaired) electrons. The van der Waals surface area contributed by atoms with E-state index >= 15 is 0 Å². The van der Waals surface area contributed by atoms with Crippen LogP contribution in [0.5, 0.6) is 0 Å². The summed E-state index contributed by atoms with van der Waals surface area (Å²) in [5.41, 5.74) is 1.63. The van der Waals surface area contributed by atoms with Crippen LogP contribution in [0, 0.1) is 0 Å². The summed E-state index contributed by atoms with van der Waals surface area (Å²) in [6.45, 7) is 10.1. The van der Waals surface area contributed by atoms with Crippen molar-refractivity contribution in [2.75, 3.05) is 109 Å². The van der Waals surface area contributed by atoms with E-state index < -0.39 is 62.8 Å². The van der Waals surface area contributed by atoms with Crippen molar-refractivity contribution in [3.63, 3.8) is 0 Å². The summed E-state index contributed by atoms with van der Waals surface area (Å²) in [6, 6.07) is 8.46. The summed E-state index contributed by atoms with van der Waals surface area (Å²) in [6.07, 6.45) is 15.2. The maximum absolute atomic E-state index is 12.4. The summed E-state index contributed by atoms with van der Waals surface area (Å²) in [4.78, 5) is 12.9. The lowest BCUT2D eigenvalue weighted by Gasteiger charge is -2.30. The molecule has 2 aliphatic rings. The largest absolute Gasteiger partial charge is 0.382 e. The molecule has 0 saturated carbocycles. The summed E-state index contributed by atoms with van der Waals surface area (Å²) in [5.74, 6) is -1.01. The average molecular weight is 1150 g/mol. The highest BCUT2D eigenvalue weighted by Crippen LogP contribution is 2.51. The van der Waals surface area contributed by atoms with Crippen LogP contribution in [0.15, 0.2) is 94.4 Å². The van der Waals surface area contributed by atoms with Gasteiger partial charge in [0.15, 0.2) is 5.71 Å². The first-order valence-corrected chi connectivity index (χ1v) is 31.1. The molecule has 25 heteroatoms. The molecule has 0 amide bonds. The SMILES string of the molecule is COCCOCCOCCOCCOCCOCCN1/C(=C/C=C/C=C/C=C/C2=[N+](CCCCCC(C)=O)c3ccc(S(=O)(=O)O)cc3C2(C)CCCS(=O)(=O)O)C(C)(CCCS(=O)(=O)O)c2cc(S(=O)(=O)O)ccc21. The number of nitrogens with zero attached hydrogens (tertiary/aromatic N) is 2. The number of carbonyl (C=O) groups excluding carboxylic acids is 1. The molecule has 0 saturated heterocycles. The molecule has 0 bridgehead atoms. The van der Waals surface area contributed by atoms with Gasteiger partial charge >= 0.3 is 0 Å². The first-order valence-electron chi connectivity index (χ1n) is 25.0. The smallest absolute Gasteiger partial charge is 0.294 e. The second-order valence-electron chi connectivity index (χ2n) is 18.7. The van der Waals surface area contributed by atoms with Crippen LogP contribution in [0.1, 0.15) is 83.3 Å². The van der Waals surface area contributed by atoms with E-state index in [0.29, 0.717) is 113 Å². The van der Waals surface area contributed by atoms with E-state index in [9.17, 15) is 56.7 Å². The Morgan fingerprint density at radius 1 is 0.592 bits per heavy atom. The van der Waals surface area contributed by atoms with Gasteiger partial charge in [-0.25, -0.2) is 0 Å². The molecule has 0 spiro atoms. The molecule has 76 heavy (non-hydrogen) atoms. The van der Waals surface area contributed by atoms with Crippen LogP contribution in [-0.4, -0.2) is 172 Å². The molecular formula is C51H75N2O19S4+. The molecule has 2 aromatic carbocycles. The zero-order valence-corrected chi connectivity index (χ0v) is 47.0. The molecule has 0 aliphatic carbocycles. The van der Waals surface area contributed by atoms with Gasteiger partial charge in [-0.1, -0.05) is 30.4 Å². The van der Waals surface area contributed by atoms with Crippen LogP contribution in [0.25, 0.3) is 0 Å². The summed E-state index contributed by atoms with van der Waals surface area (Å²) < 4.78 is 171. The standard InChI is InChI=1S/C51H74N2O19S4/c1-41(54)15-9-8-12-24-52-46-20-18-42(75(61,62)63)39-44(46)50(2,22-13-37-73(55,56)57)48(52)16-10-6-5-7-11-17-49-51(3,23-14-38-74(58,59)60)45-40-43(76(64,65)66)19-21-47(45)53(49)25-26-68-29-30-70-33-34-72-36-35-71-32-31-69-28-27-67-4/h5-7,10-11,16-21,39-40H,8-9,12-15,22-38H2,1-4H3,(H3-,55,56,57,58,59,60,61,62,63,64,65,66)/p+1. The summed E-state index contributed by atoms with van der Waals surface area (Å²) in [5, 5.41) is 0. The Kier molecular flexibility index (Phi) is 25.7. The number of anilines is 1. The van der Waals surface area contributed by atoms with E-state index in [4.69, 9.17) is 28.4 Å². The molecule has 4 N–H and O–H groups in total. The fourth-order valence-electron chi connectivity index (χ4n) is 9.19. The molecule has 0 aromatic heterocycles. The minimum absolute atomic E-state index is 0.00328. The maximum atomic E-state index is 12.4. The highest BCUT2D eigenvalue weighted by molar-refractivity contribution is 7.86. The number of unbranched alkanes of at least 4 members (excludes halogenated alkanes) is 2. The predicted octanol–water partition coefficient (Wildman–Crippen LogP) is 6.08. The number of carbonyl (C=O) groups is 1. The summed E-state index contributed by atoms with van der Waals surface area (Å²) >= 11 is 0. The number of hydrogen-bond donors (Lipinski definition) is 4. The molecule has 4 rings (SSSR count). The molecule has 21 nitrogen and oxygen atoms in total. The van der Waals surface area contributed by atoms with Crippen LogP contribution in [-0.2, 0) is 84.5 Å². The maximum Gasteiger partial charge on any atom is 0.294 e. The van der Waals surface area contributed by atoms with Gasteiger partial charge in [0.2, 0.25) is 5.69 Å². The lowest BCUT2D eigenvalue weighted by atomic mass is 9.76. The first kappa shape index (κ1) is 64.5. The van der Waals surface area contributed by atoms with E-state index in [1.165, 1.54) is 31.2 Å². The van der Waals surface area contributed by atoms with Crippen molar-refractivity contribution >= 4 is 63.3 Å². The van der Waals surface area contributed by atoms with Crippen molar-refractivity contribution < 1.29 is 89.7 Å². The van der Waals surface area contributed by atoms with Gasteiger partial charge in [-0.05, 0) is 101 Å². The molecule has 2 heterocycles. The van der Waals surface area contributed by atoms with Gasteiger partial charge in [-0.3, -0.25) is 18.2 Å². The summed E-state index contributed by atoms with van der Waals surface area (Å²) in [7, 11) is -16.3. The van der Waals surface area contributed by atoms with Crippen molar-refractivity contribution in [1.29, 1.82) is 0 Å². The molecule has 2 atom stereocenters. The fraction of sp³-hybridized carbons (Fsp3) is 0.569. The fourth-order valence-corrected chi connectivity index (χ4v) is 11.2. The number of hydrogen-bond acceptors (Lipinski definition) is 16. The second-order valence-corrected chi connectivity index (χ2v) is 24.7. The number of methoxy groups -OCH3 is 1. The number of rotatable bonds is 38. The molecule has 2 aromatic rings. The number of ketones is 1. The van der Waals surface area contributed by atoms with Gasteiger partial charge < -0.3 is 38.1 Å². The van der Waals surface area contributed by atoms with Gasteiger partial charge in [-0.15, -0.1) is 0 Å². The van der Waals surface area contributed by atoms with Crippen molar-refractivity contribution in [3.8, 4) is 0 Å². The third kappa shape index (κ3) is 20.6. The number of ether oxygens (including phenoxy) is 6. The molecule has 2 aliphatic heterocycles. The van der Waals surface area contributed by atoms with Crippen molar-refractivity contribution in [2.24, 2.45) is 0 Å². The topological polar surface area (TPSA) is 296 Å². The minimum Gasteiger partial charge on any atom is -0.382 e. The average Bonchev–Trinajstić information content (AvgIpc) is 3.69. The second kappa shape index (κ2) is 30.3. The van der Waals surface area contributed by atoms with Crippen LogP contribution >= 0.6 is 0 Å². The van der Waals surface area contributed by atoms with Crippen molar-refractivity contribution in [2.45, 2.75) is 92.8 Å². The normalized spacial score (nSPS) is 18.8. The first-order chi connectivity index (χ1) is 35.8. The van der Waals surface area contributed by atoms with Crippen LogP contribution in [0.2, 0.25) is 0 Å². The van der Waals surface area contributed by atoms with Gasteiger partial charge in [0.1, 0.15) is 12.3 Å². The molecule has 2 unspecified atom stereocenters. The molecular weight excluding hydrogens is 1070 g/mol. The third-order valence-corrected chi connectivity index (χ3v) is 16.2. The van der Waals surface area contributed by atoms with E-state index in [2.05, 4.69) is 0 Å². The van der Waals surface area contributed by atoms with Crippen molar-refractivity contribution in [1.82, 2.24) is 0 Å². The van der Waals surface area contributed by atoms with Crippen LogP contribution in [0.3, 0.4) is 0 Å². The number of Topliss-reactive ketones (excluding diaryl/α,β-unsaturated/α-hetero) is 1. The Bertz CT molecular complexity index is 2860. The van der Waals surface area contributed by atoms with E-state index in [0.717, 1.165) is 6.42 Å². The quantitative estimate of drug-likeness (QED) is 0.0256. The lowest BCUT2D eigenvalue weighted by Crippen LogP contribution is -2.32. The van der Waals surface area contributed by atoms with Gasteiger partial charge in [0, 0.05) is 61.0 Å². The van der Waals surface area contributed by atoms with Crippen LogP contribution < -0.4 is 4.90 Å². The lowest BCUT2D eigenvalue weighted by molar-refractivity contribution is -0.438. The highest BCUT2D eigenvalue weighted by atomic mass is 32.2. The monoisotopic (exact) mass is 1150 g/mol. The Balaban J connectivity index is 1.57. The van der Waals surface area contributed by atoms with Gasteiger partial charge in [0.05, 0.1) is 99.4 Å². The van der Waals surface area contributed by atoms with Gasteiger partial charge in [-0.2, -0.15) is 38.2 Å². The Hall–Kier alpha value is -4.06. The van der Waals surface area contributed by atoms with Gasteiger partial charge in [0.25, 0.3) is 40.5 Å². The van der Waals surface area contributed by atoms with E-state index in [1.54, 1.807) is 55.7 Å². The van der Waals surface area contributed by atoms with Crippen molar-refractivity contribution in [3.05, 3.63) is 95.8 Å². The number of benzene rings is 2. The predicted molar refractivity (Wildman–Crippen MR) is 286 cm³/mol. The Morgan fingerprint density at radius 2 is 1.08 bits per heavy atom. The van der Waals surface area contributed by atoms with E-state index in [1.807, 2.05) is 29.4 Å². The molecule has 426 valence electrons. The zero-order valence-electron chi connectivity index (χ0n) is 43.7. The van der Waals surface area contributed by atoms with Crippen LogP contribution in [0.4, 0.5) is 11.4 Å². The zero-order chi connectivity index (χ0) is 56.0. The Labute approximate surface area is 448 Å².